The number of aliphatic hydroxyl groups is 1. The maximum atomic E-state index is 11.8. The Bertz CT molecular complexity index is 446. The van der Waals surface area contributed by atoms with E-state index in [1.165, 1.54) is 0 Å². The van der Waals surface area contributed by atoms with Gasteiger partial charge < -0.3 is 15.0 Å². The van der Waals surface area contributed by atoms with Gasteiger partial charge in [-0.3, -0.25) is 10.2 Å². The molecule has 6 nitrogen and oxygen atoms in total. The first-order valence-electron chi connectivity index (χ1n) is 7.25. The van der Waals surface area contributed by atoms with E-state index in [0.29, 0.717) is 19.1 Å². The lowest BCUT2D eigenvalue weighted by Crippen LogP contribution is -2.63. The minimum absolute atomic E-state index is 0.137. The van der Waals surface area contributed by atoms with Crippen molar-refractivity contribution in [1.82, 2.24) is 10.2 Å². The fourth-order valence-electron chi connectivity index (χ4n) is 2.44. The summed E-state index contributed by atoms with van der Waals surface area (Å²) in [4.78, 5) is 24.3. The van der Waals surface area contributed by atoms with E-state index in [1.807, 2.05) is 26.0 Å². The van der Waals surface area contributed by atoms with Gasteiger partial charge in [-0.05, 0) is 25.5 Å². The number of alkyl halides is 1. The molecule has 0 heterocycles. The molecular weight excluding hydrogens is 352 g/mol. The Hall–Kier alpha value is -1.18. The lowest BCUT2D eigenvalue weighted by Gasteiger charge is -2.44. The molecular formula is C15H23BrN2O4. The number of hydrogen-bond acceptors (Lipinski definition) is 4. The SMILES string of the molecule is CCC[C@@H](C=O)N(C(=O)O)C1(NCCO)C=CC(C)(Br)C=C1. The summed E-state index contributed by atoms with van der Waals surface area (Å²) in [6.45, 7) is 3.88. The van der Waals surface area contributed by atoms with Crippen LogP contribution in [0.1, 0.15) is 26.7 Å². The van der Waals surface area contributed by atoms with E-state index in [1.54, 1.807) is 12.2 Å². The lowest BCUT2D eigenvalue weighted by atomic mass is 9.94. The monoisotopic (exact) mass is 374 g/mol. The largest absolute Gasteiger partial charge is 0.465 e. The number of amides is 1. The number of halogens is 1. The molecule has 0 spiro atoms. The van der Waals surface area contributed by atoms with Crippen molar-refractivity contribution in [2.45, 2.75) is 42.7 Å². The van der Waals surface area contributed by atoms with Crippen molar-refractivity contribution in [3.8, 4) is 0 Å². The van der Waals surface area contributed by atoms with Gasteiger partial charge in [-0.25, -0.2) is 4.79 Å². The number of aldehydes is 1. The van der Waals surface area contributed by atoms with E-state index in [9.17, 15) is 14.7 Å². The summed E-state index contributed by atoms with van der Waals surface area (Å²) >= 11 is 3.50. The summed E-state index contributed by atoms with van der Waals surface area (Å²) in [7, 11) is 0. The summed E-state index contributed by atoms with van der Waals surface area (Å²) in [5, 5.41) is 21.7. The van der Waals surface area contributed by atoms with Crippen molar-refractivity contribution in [3.63, 3.8) is 0 Å². The lowest BCUT2D eigenvalue weighted by molar-refractivity contribution is -0.113. The molecule has 3 N–H and O–H groups in total. The molecule has 22 heavy (non-hydrogen) atoms. The fourth-order valence-corrected chi connectivity index (χ4v) is 2.70. The van der Waals surface area contributed by atoms with Crippen LogP contribution in [0.3, 0.4) is 0 Å². The number of hydrogen-bond donors (Lipinski definition) is 3. The van der Waals surface area contributed by atoms with Crippen LogP contribution in [0.15, 0.2) is 24.3 Å². The van der Waals surface area contributed by atoms with Crippen molar-refractivity contribution < 1.29 is 19.8 Å². The molecule has 0 aromatic rings. The van der Waals surface area contributed by atoms with Gasteiger partial charge >= 0.3 is 6.09 Å². The Morgan fingerprint density at radius 3 is 2.41 bits per heavy atom. The van der Waals surface area contributed by atoms with Crippen molar-refractivity contribution in [1.29, 1.82) is 0 Å². The van der Waals surface area contributed by atoms with Gasteiger partial charge in [0, 0.05) is 6.54 Å². The highest BCUT2D eigenvalue weighted by atomic mass is 79.9. The maximum absolute atomic E-state index is 11.8. The Morgan fingerprint density at radius 2 is 2.00 bits per heavy atom. The summed E-state index contributed by atoms with van der Waals surface area (Å²) in [5.74, 6) is 0. The standard InChI is InChI=1S/C15H23BrN2O4/c1-3-4-12(11-20)18(13(21)22)15(17-9-10-19)7-5-14(2,16)6-8-15/h5-8,11-12,17,19H,3-4,9-10H2,1-2H3,(H,21,22)/t12-,14?,15?/m0/s1. The van der Waals surface area contributed by atoms with E-state index in [-0.39, 0.29) is 17.5 Å². The van der Waals surface area contributed by atoms with E-state index in [4.69, 9.17) is 5.11 Å². The smallest absolute Gasteiger partial charge is 0.409 e. The van der Waals surface area contributed by atoms with E-state index in [2.05, 4.69) is 21.2 Å². The second-order valence-electron chi connectivity index (χ2n) is 5.44. The van der Waals surface area contributed by atoms with Crippen LogP contribution in [0.5, 0.6) is 0 Å². The average molecular weight is 375 g/mol. The highest BCUT2D eigenvalue weighted by Gasteiger charge is 2.42. The zero-order valence-corrected chi connectivity index (χ0v) is 14.4. The molecule has 0 unspecified atom stereocenters. The number of nitrogens with one attached hydrogen (secondary N) is 1. The molecule has 1 aliphatic rings. The quantitative estimate of drug-likeness (QED) is 0.261. The second kappa shape index (κ2) is 7.89. The first-order valence-corrected chi connectivity index (χ1v) is 8.04. The van der Waals surface area contributed by atoms with E-state index in [0.717, 1.165) is 4.90 Å². The topological polar surface area (TPSA) is 89.9 Å². The molecule has 1 amide bonds. The summed E-state index contributed by atoms with van der Waals surface area (Å²) < 4.78 is -0.372. The fraction of sp³-hybridized carbons (Fsp3) is 0.600. The van der Waals surface area contributed by atoms with E-state index >= 15 is 0 Å². The maximum Gasteiger partial charge on any atom is 0.409 e. The molecule has 1 atom stereocenters. The zero-order chi connectivity index (χ0) is 16.8. The predicted octanol–water partition coefficient (Wildman–Crippen LogP) is 1.89. The van der Waals surface area contributed by atoms with Crippen LogP contribution in [0.25, 0.3) is 0 Å². The molecule has 0 aromatic heterocycles. The van der Waals surface area contributed by atoms with Gasteiger partial charge in [0.25, 0.3) is 0 Å². The molecule has 0 saturated carbocycles. The summed E-state index contributed by atoms with van der Waals surface area (Å²) in [6, 6.07) is -0.761. The summed E-state index contributed by atoms with van der Waals surface area (Å²) in [6.07, 6.45) is 7.64. The van der Waals surface area contributed by atoms with Gasteiger partial charge in [0.2, 0.25) is 0 Å². The second-order valence-corrected chi connectivity index (χ2v) is 7.15. The van der Waals surface area contributed by atoms with E-state index < -0.39 is 17.8 Å². The van der Waals surface area contributed by atoms with Crippen molar-refractivity contribution in [2.75, 3.05) is 13.2 Å². The van der Waals surface area contributed by atoms with Gasteiger partial charge in [0.05, 0.1) is 17.0 Å². The van der Waals surface area contributed by atoms with Gasteiger partial charge in [0.1, 0.15) is 11.9 Å². The van der Waals surface area contributed by atoms with Gasteiger partial charge in [0.15, 0.2) is 0 Å². The molecule has 1 rings (SSSR count). The summed E-state index contributed by atoms with van der Waals surface area (Å²) in [5.41, 5.74) is -1.15. The number of nitrogens with zero attached hydrogens (tertiary/aromatic N) is 1. The number of aliphatic hydroxyl groups excluding tert-OH is 1. The van der Waals surface area contributed by atoms with Crippen LogP contribution in [0.2, 0.25) is 0 Å². The molecule has 0 radical (unpaired) electrons. The van der Waals surface area contributed by atoms with Crippen LogP contribution in [-0.2, 0) is 4.79 Å². The third kappa shape index (κ3) is 4.41. The van der Waals surface area contributed by atoms with Crippen molar-refractivity contribution in [3.05, 3.63) is 24.3 Å². The Morgan fingerprint density at radius 1 is 1.41 bits per heavy atom. The van der Waals surface area contributed by atoms with Crippen LogP contribution < -0.4 is 5.32 Å². The third-order valence-electron chi connectivity index (χ3n) is 3.52. The van der Waals surface area contributed by atoms with Crippen LogP contribution >= 0.6 is 15.9 Å². The Balaban J connectivity index is 3.25. The number of rotatable bonds is 8. The minimum Gasteiger partial charge on any atom is -0.465 e. The molecule has 7 heteroatoms. The van der Waals surface area contributed by atoms with Crippen molar-refractivity contribution >= 4 is 28.3 Å². The third-order valence-corrected chi connectivity index (χ3v) is 4.05. The zero-order valence-electron chi connectivity index (χ0n) is 12.8. The normalized spacial score (nSPS) is 28.4. The predicted molar refractivity (Wildman–Crippen MR) is 88.1 cm³/mol. The molecule has 1 aliphatic carbocycles. The number of carbonyl (C=O) groups is 2. The number of carbonyl (C=O) groups excluding carboxylic acids is 1. The molecule has 0 aromatic carbocycles. The number of allylic oxidation sites excluding steroid dienone is 2. The molecule has 0 fully saturated rings. The Kier molecular flexibility index (Phi) is 6.77. The van der Waals surface area contributed by atoms with Crippen LogP contribution in [0.4, 0.5) is 4.79 Å². The van der Waals surface area contributed by atoms with Crippen molar-refractivity contribution in [2.24, 2.45) is 0 Å². The highest BCUT2D eigenvalue weighted by Crippen LogP contribution is 2.32. The first kappa shape index (κ1) is 18.9. The van der Waals surface area contributed by atoms with Gasteiger partial charge in [-0.15, -0.1) is 0 Å². The highest BCUT2D eigenvalue weighted by molar-refractivity contribution is 9.10. The van der Waals surface area contributed by atoms with Gasteiger partial charge in [-0.2, -0.15) is 0 Å². The molecule has 124 valence electrons. The van der Waals surface area contributed by atoms with Gasteiger partial charge in [-0.1, -0.05) is 41.4 Å². The molecule has 0 aliphatic heterocycles. The van der Waals surface area contributed by atoms with Crippen LogP contribution in [-0.4, -0.2) is 56.7 Å². The average Bonchev–Trinajstić information content (AvgIpc) is 2.47. The molecule has 0 saturated heterocycles. The first-order chi connectivity index (χ1) is 10.3. The Labute approximate surface area is 139 Å². The number of carboxylic acid groups (broad SMARTS) is 1. The minimum atomic E-state index is -1.19. The molecule has 0 bridgehead atoms. The van der Waals surface area contributed by atoms with Crippen LogP contribution in [0, 0.1) is 0 Å².